The van der Waals surface area contributed by atoms with Crippen molar-refractivity contribution in [3.63, 3.8) is 0 Å². The van der Waals surface area contributed by atoms with Crippen molar-refractivity contribution in [3.8, 4) is 0 Å². The average molecular weight is 699 g/mol. The first-order valence-electron chi connectivity index (χ1n) is 11.1. The van der Waals surface area contributed by atoms with Crippen molar-refractivity contribution in [1.29, 1.82) is 0 Å². The molecule has 0 aromatic heterocycles. The molecule has 0 bridgehead atoms. The zero-order valence-electron chi connectivity index (χ0n) is 20.4. The Morgan fingerprint density at radius 1 is 0.674 bits per heavy atom. The molecule has 0 radical (unpaired) electrons. The number of halogens is 14. The van der Waals surface area contributed by atoms with Crippen LogP contribution in [0.5, 0.6) is 0 Å². The van der Waals surface area contributed by atoms with Crippen LogP contribution in [0.15, 0.2) is 65.1 Å². The number of rotatable bonds is 6. The quantitative estimate of drug-likeness (QED) is 0.253. The van der Waals surface area contributed by atoms with Crippen LogP contribution in [0.1, 0.15) is 31.8 Å². The maximum Gasteiger partial charge on any atom is 0.457 e. The third-order valence-electron chi connectivity index (χ3n) is 5.71. The summed E-state index contributed by atoms with van der Waals surface area (Å²) in [5.74, 6) is -10.6. The lowest BCUT2D eigenvalue weighted by atomic mass is 9.86. The lowest BCUT2D eigenvalue weighted by Gasteiger charge is -2.36. The van der Waals surface area contributed by atoms with Gasteiger partial charge in [0.25, 0.3) is 11.8 Å². The number of carbonyl (C=O) groups excluding carboxylic acids is 2. The number of alkyl halides is 12. The van der Waals surface area contributed by atoms with E-state index in [1.807, 2.05) is 0 Å². The van der Waals surface area contributed by atoms with E-state index in [9.17, 15) is 66.7 Å². The van der Waals surface area contributed by atoms with E-state index in [-0.39, 0.29) is 5.69 Å². The summed E-state index contributed by atoms with van der Waals surface area (Å²) in [7, 11) is 0. The Balaban J connectivity index is 2.06. The van der Waals surface area contributed by atoms with Crippen molar-refractivity contribution in [2.75, 3.05) is 10.6 Å². The largest absolute Gasteiger partial charge is 0.457 e. The van der Waals surface area contributed by atoms with Gasteiger partial charge in [-0.3, -0.25) is 9.59 Å². The Morgan fingerprint density at radius 3 is 1.81 bits per heavy atom. The van der Waals surface area contributed by atoms with E-state index in [4.69, 9.17) is 0 Å². The van der Waals surface area contributed by atoms with E-state index in [0.29, 0.717) is 0 Å². The monoisotopic (exact) mass is 698 g/mol. The summed E-state index contributed by atoms with van der Waals surface area (Å²) in [5.41, 5.74) is -14.5. The number of carbonyl (C=O) groups is 2. The molecule has 4 nitrogen and oxygen atoms in total. The van der Waals surface area contributed by atoms with Gasteiger partial charge in [0.05, 0.1) is 16.8 Å². The number of anilines is 2. The maximum absolute atomic E-state index is 14.9. The Hall–Kier alpha value is -3.83. The topological polar surface area (TPSA) is 58.2 Å². The van der Waals surface area contributed by atoms with Crippen molar-refractivity contribution >= 4 is 39.1 Å². The van der Waals surface area contributed by atoms with Crippen molar-refractivity contribution < 1.29 is 66.7 Å². The molecule has 0 aliphatic rings. The van der Waals surface area contributed by atoms with Crippen LogP contribution in [0.25, 0.3) is 0 Å². The molecule has 0 saturated heterocycles. The molecule has 2 amide bonds. The van der Waals surface area contributed by atoms with Gasteiger partial charge in [0.15, 0.2) is 0 Å². The maximum atomic E-state index is 14.9. The number of amides is 2. The SMILES string of the molecule is O=C(Nc1c(Br)cc(C(F)(C(F)(F)F)C(F)(F)C(F)(F)F)cc1C(F)(F)F)c1cccc(NC(=O)c2ccccc2F)c1. The summed E-state index contributed by atoms with van der Waals surface area (Å²) in [5, 5.41) is 3.83. The predicted octanol–water partition coefficient (Wildman–Crippen LogP) is 9.04. The molecule has 3 aromatic rings. The molecule has 18 heteroatoms. The molecule has 0 aliphatic heterocycles. The van der Waals surface area contributed by atoms with E-state index < -0.39 is 92.3 Å². The zero-order chi connectivity index (χ0) is 32.8. The highest BCUT2D eigenvalue weighted by Crippen LogP contribution is 2.59. The minimum Gasteiger partial charge on any atom is -0.322 e. The number of benzene rings is 3. The third-order valence-corrected chi connectivity index (χ3v) is 6.34. The number of hydrogen-bond acceptors (Lipinski definition) is 2. The first-order valence-corrected chi connectivity index (χ1v) is 11.9. The summed E-state index contributed by atoms with van der Waals surface area (Å²) < 4.78 is 175. The van der Waals surface area contributed by atoms with Crippen LogP contribution in [0.4, 0.5) is 68.5 Å². The highest BCUT2D eigenvalue weighted by atomic mass is 79.9. The van der Waals surface area contributed by atoms with Gasteiger partial charge in [-0.05, 0) is 58.4 Å². The van der Waals surface area contributed by atoms with Gasteiger partial charge in [-0.2, -0.15) is 48.3 Å². The van der Waals surface area contributed by atoms with E-state index in [1.165, 1.54) is 18.2 Å². The zero-order valence-corrected chi connectivity index (χ0v) is 22.0. The molecule has 232 valence electrons. The van der Waals surface area contributed by atoms with E-state index in [0.717, 1.165) is 30.3 Å². The summed E-state index contributed by atoms with van der Waals surface area (Å²) in [4.78, 5) is 25.1. The van der Waals surface area contributed by atoms with E-state index in [1.54, 1.807) is 5.32 Å². The lowest BCUT2D eigenvalue weighted by Crippen LogP contribution is -2.59. The van der Waals surface area contributed by atoms with Crippen LogP contribution in [0.2, 0.25) is 0 Å². The highest BCUT2D eigenvalue weighted by Gasteiger charge is 2.82. The molecule has 2 N–H and O–H groups in total. The molecule has 0 fully saturated rings. The van der Waals surface area contributed by atoms with Crippen LogP contribution in [-0.4, -0.2) is 30.1 Å². The minimum atomic E-state index is -7.25. The van der Waals surface area contributed by atoms with E-state index in [2.05, 4.69) is 21.2 Å². The molecule has 3 rings (SSSR count). The summed E-state index contributed by atoms with van der Waals surface area (Å²) in [6.45, 7) is 0. The molecule has 0 aliphatic carbocycles. The smallest absolute Gasteiger partial charge is 0.322 e. The van der Waals surface area contributed by atoms with Crippen LogP contribution < -0.4 is 10.6 Å². The van der Waals surface area contributed by atoms with Crippen molar-refractivity contribution in [2.45, 2.75) is 30.1 Å². The Labute approximate surface area is 240 Å². The fraction of sp³-hybridized carbons (Fsp3) is 0.200. The van der Waals surface area contributed by atoms with Gasteiger partial charge in [0.1, 0.15) is 5.82 Å². The van der Waals surface area contributed by atoms with Crippen molar-refractivity contribution in [1.82, 2.24) is 0 Å². The fourth-order valence-electron chi connectivity index (χ4n) is 3.64. The highest BCUT2D eigenvalue weighted by molar-refractivity contribution is 9.10. The molecular weight excluding hydrogens is 687 g/mol. The lowest BCUT2D eigenvalue weighted by molar-refractivity contribution is -0.389. The summed E-state index contributed by atoms with van der Waals surface area (Å²) in [6.07, 6.45) is -20.1. The standard InChI is InChI=1S/C25H12BrF13N2O2/c26-16-10-12(21(28,24(34,35)36)23(32,33)25(37,38)39)9-15(22(29,30)31)18(16)41-19(42)11-4-3-5-13(8-11)40-20(43)14-6-1-2-7-17(14)27/h1-10H,(H,40,43)(H,41,42). The summed E-state index contributed by atoms with van der Waals surface area (Å²) in [6, 6.07) is 7.48. The van der Waals surface area contributed by atoms with Gasteiger partial charge in [0.2, 0.25) is 0 Å². The molecule has 3 aromatic carbocycles. The van der Waals surface area contributed by atoms with Gasteiger partial charge in [-0.15, -0.1) is 0 Å². The molecule has 0 heterocycles. The fourth-order valence-corrected chi connectivity index (χ4v) is 4.20. The second-order valence-electron chi connectivity index (χ2n) is 8.58. The second-order valence-corrected chi connectivity index (χ2v) is 9.43. The van der Waals surface area contributed by atoms with Gasteiger partial charge in [0, 0.05) is 21.3 Å². The van der Waals surface area contributed by atoms with Gasteiger partial charge in [-0.25, -0.2) is 8.78 Å². The molecular formula is C25H12BrF13N2O2. The van der Waals surface area contributed by atoms with E-state index >= 15 is 0 Å². The summed E-state index contributed by atoms with van der Waals surface area (Å²) >= 11 is 2.28. The molecule has 43 heavy (non-hydrogen) atoms. The first kappa shape index (κ1) is 33.7. The van der Waals surface area contributed by atoms with Crippen LogP contribution in [-0.2, 0) is 11.8 Å². The van der Waals surface area contributed by atoms with Gasteiger partial charge in [-0.1, -0.05) is 18.2 Å². The van der Waals surface area contributed by atoms with Gasteiger partial charge >= 0.3 is 30.1 Å². The van der Waals surface area contributed by atoms with Crippen molar-refractivity contribution in [2.24, 2.45) is 0 Å². The average Bonchev–Trinajstić information content (AvgIpc) is 2.87. The first-order chi connectivity index (χ1) is 19.5. The molecule has 1 atom stereocenters. The Morgan fingerprint density at radius 2 is 1.28 bits per heavy atom. The molecule has 0 spiro atoms. The van der Waals surface area contributed by atoms with Crippen LogP contribution in [0, 0.1) is 5.82 Å². The van der Waals surface area contributed by atoms with Crippen molar-refractivity contribution in [3.05, 3.63) is 93.2 Å². The predicted molar refractivity (Wildman–Crippen MR) is 128 cm³/mol. The second kappa shape index (κ2) is 11.3. The number of nitrogens with one attached hydrogen (secondary N) is 2. The number of hydrogen-bond donors (Lipinski definition) is 2. The normalized spacial score (nSPS) is 14.2. The minimum absolute atomic E-state index is 0.187. The molecule has 0 saturated carbocycles. The van der Waals surface area contributed by atoms with Gasteiger partial charge < -0.3 is 10.6 Å². The molecule has 1 unspecified atom stereocenters. The van der Waals surface area contributed by atoms with Crippen LogP contribution >= 0.6 is 15.9 Å². The third kappa shape index (κ3) is 6.42. The van der Waals surface area contributed by atoms with Crippen LogP contribution in [0.3, 0.4) is 0 Å². The Kier molecular flexibility index (Phi) is 8.89. The Bertz CT molecular complexity index is 1550.